The highest BCUT2D eigenvalue weighted by atomic mass is 32.2. The van der Waals surface area contributed by atoms with E-state index < -0.39 is 0 Å². The fourth-order valence-corrected chi connectivity index (χ4v) is 3.89. The number of benzene rings is 1. The standard InChI is InChI=1S/C15H18N2S/c1-10-4-5-11-9-12(6-7-13(11)17-10)15(16)14-3-2-8-18-14/h4-7,9,14-15H,2-3,8,16H2,1H3. The number of hydrogen-bond acceptors (Lipinski definition) is 3. The summed E-state index contributed by atoms with van der Waals surface area (Å²) in [5.74, 6) is 1.26. The fraction of sp³-hybridized carbons (Fsp3) is 0.400. The minimum Gasteiger partial charge on any atom is -0.323 e. The summed E-state index contributed by atoms with van der Waals surface area (Å²) in [6.07, 6.45) is 2.55. The monoisotopic (exact) mass is 258 g/mol. The highest BCUT2D eigenvalue weighted by molar-refractivity contribution is 8.00. The predicted octanol–water partition coefficient (Wildman–Crippen LogP) is 3.44. The lowest BCUT2D eigenvalue weighted by Gasteiger charge is -2.19. The Morgan fingerprint density at radius 1 is 1.33 bits per heavy atom. The van der Waals surface area contributed by atoms with Crippen LogP contribution in [0.15, 0.2) is 30.3 Å². The molecule has 3 rings (SSSR count). The van der Waals surface area contributed by atoms with Crippen molar-refractivity contribution in [3.05, 3.63) is 41.6 Å². The van der Waals surface area contributed by atoms with Gasteiger partial charge in [0.25, 0.3) is 0 Å². The van der Waals surface area contributed by atoms with E-state index in [0.29, 0.717) is 5.25 Å². The summed E-state index contributed by atoms with van der Waals surface area (Å²) in [4.78, 5) is 4.53. The number of thioether (sulfide) groups is 1. The summed E-state index contributed by atoms with van der Waals surface area (Å²) in [6.45, 7) is 2.02. The average Bonchev–Trinajstić information content (AvgIpc) is 2.91. The zero-order valence-corrected chi connectivity index (χ0v) is 11.4. The van der Waals surface area contributed by atoms with E-state index in [2.05, 4.69) is 35.3 Å². The van der Waals surface area contributed by atoms with Gasteiger partial charge >= 0.3 is 0 Å². The maximum absolute atomic E-state index is 6.38. The largest absolute Gasteiger partial charge is 0.323 e. The molecule has 0 spiro atoms. The molecule has 1 aromatic carbocycles. The highest BCUT2D eigenvalue weighted by Gasteiger charge is 2.23. The lowest BCUT2D eigenvalue weighted by atomic mass is 10.00. The molecule has 2 N–H and O–H groups in total. The second kappa shape index (κ2) is 4.90. The molecular formula is C15H18N2S. The first-order valence-corrected chi connectivity index (χ1v) is 7.53. The normalized spacial score (nSPS) is 21.3. The molecule has 0 aliphatic carbocycles. The van der Waals surface area contributed by atoms with Crippen LogP contribution in [0.5, 0.6) is 0 Å². The van der Waals surface area contributed by atoms with Crippen molar-refractivity contribution in [1.82, 2.24) is 4.98 Å². The van der Waals surface area contributed by atoms with Crippen molar-refractivity contribution < 1.29 is 0 Å². The van der Waals surface area contributed by atoms with Gasteiger partial charge in [-0.2, -0.15) is 11.8 Å². The Labute approximate surface area is 112 Å². The summed E-state index contributed by atoms with van der Waals surface area (Å²) in [5.41, 5.74) is 9.74. The van der Waals surface area contributed by atoms with Gasteiger partial charge in [-0.1, -0.05) is 12.1 Å². The zero-order chi connectivity index (χ0) is 12.5. The van der Waals surface area contributed by atoms with E-state index in [9.17, 15) is 0 Å². The molecule has 3 heteroatoms. The van der Waals surface area contributed by atoms with Crippen molar-refractivity contribution in [2.24, 2.45) is 5.73 Å². The van der Waals surface area contributed by atoms with Crippen LogP contribution in [0, 0.1) is 6.92 Å². The van der Waals surface area contributed by atoms with E-state index in [1.807, 2.05) is 18.7 Å². The van der Waals surface area contributed by atoms with Gasteiger partial charge in [-0.3, -0.25) is 4.98 Å². The summed E-state index contributed by atoms with van der Waals surface area (Å²) < 4.78 is 0. The SMILES string of the molecule is Cc1ccc2cc(C(N)C3CCCS3)ccc2n1. The van der Waals surface area contributed by atoms with Gasteiger partial charge in [0.2, 0.25) is 0 Å². The molecule has 1 aromatic heterocycles. The molecule has 2 nitrogen and oxygen atoms in total. The van der Waals surface area contributed by atoms with Crippen LogP contribution in [0.3, 0.4) is 0 Å². The topological polar surface area (TPSA) is 38.9 Å². The maximum Gasteiger partial charge on any atom is 0.0705 e. The Kier molecular flexibility index (Phi) is 3.27. The molecule has 1 aliphatic heterocycles. The molecule has 0 saturated carbocycles. The van der Waals surface area contributed by atoms with E-state index in [-0.39, 0.29) is 6.04 Å². The zero-order valence-electron chi connectivity index (χ0n) is 10.6. The van der Waals surface area contributed by atoms with Crippen LogP contribution in [0.1, 0.15) is 30.1 Å². The Bertz CT molecular complexity index is 561. The molecule has 0 amide bonds. The number of fused-ring (bicyclic) bond motifs is 1. The molecule has 0 bridgehead atoms. The highest BCUT2D eigenvalue weighted by Crippen LogP contribution is 2.35. The van der Waals surface area contributed by atoms with Gasteiger partial charge in [0.05, 0.1) is 5.52 Å². The smallest absolute Gasteiger partial charge is 0.0705 e. The Morgan fingerprint density at radius 2 is 2.22 bits per heavy atom. The van der Waals surface area contributed by atoms with Crippen LogP contribution >= 0.6 is 11.8 Å². The van der Waals surface area contributed by atoms with E-state index in [1.54, 1.807) is 0 Å². The number of aromatic nitrogens is 1. The first-order chi connectivity index (χ1) is 8.74. The lowest BCUT2D eigenvalue weighted by Crippen LogP contribution is -2.21. The molecule has 1 saturated heterocycles. The second-order valence-corrected chi connectivity index (χ2v) is 6.33. The Hall–Kier alpha value is -1.06. The van der Waals surface area contributed by atoms with Crippen molar-refractivity contribution in [3.63, 3.8) is 0 Å². The predicted molar refractivity (Wildman–Crippen MR) is 78.9 cm³/mol. The molecule has 2 heterocycles. The van der Waals surface area contributed by atoms with E-state index in [1.165, 1.54) is 29.5 Å². The lowest BCUT2D eigenvalue weighted by molar-refractivity contribution is 0.646. The van der Waals surface area contributed by atoms with Gasteiger partial charge in [0.15, 0.2) is 0 Å². The van der Waals surface area contributed by atoms with Crippen LogP contribution in [0.4, 0.5) is 0 Å². The number of nitrogens with zero attached hydrogens (tertiary/aromatic N) is 1. The van der Waals surface area contributed by atoms with Crippen LogP contribution in [0.25, 0.3) is 10.9 Å². The van der Waals surface area contributed by atoms with Crippen molar-refractivity contribution in [2.45, 2.75) is 31.1 Å². The van der Waals surface area contributed by atoms with Gasteiger partial charge in [0.1, 0.15) is 0 Å². The number of hydrogen-bond donors (Lipinski definition) is 1. The number of rotatable bonds is 2. The van der Waals surface area contributed by atoms with E-state index in [4.69, 9.17) is 5.73 Å². The molecule has 1 aliphatic rings. The third kappa shape index (κ3) is 2.25. The van der Waals surface area contributed by atoms with Crippen LogP contribution in [-0.4, -0.2) is 16.0 Å². The maximum atomic E-state index is 6.38. The molecule has 2 atom stereocenters. The van der Waals surface area contributed by atoms with Crippen LogP contribution in [0.2, 0.25) is 0 Å². The molecule has 0 radical (unpaired) electrons. The fourth-order valence-electron chi connectivity index (χ4n) is 2.55. The molecule has 2 aromatic rings. The van der Waals surface area contributed by atoms with E-state index >= 15 is 0 Å². The summed E-state index contributed by atoms with van der Waals surface area (Å²) in [6, 6.07) is 10.8. The molecule has 18 heavy (non-hydrogen) atoms. The van der Waals surface area contributed by atoms with Crippen LogP contribution < -0.4 is 5.73 Å². The first kappa shape index (κ1) is 12.0. The Balaban J connectivity index is 1.94. The first-order valence-electron chi connectivity index (χ1n) is 6.48. The van der Waals surface area contributed by atoms with Gasteiger partial charge in [-0.05, 0) is 49.3 Å². The summed E-state index contributed by atoms with van der Waals surface area (Å²) in [7, 11) is 0. The third-order valence-electron chi connectivity index (χ3n) is 3.60. The van der Waals surface area contributed by atoms with Crippen LogP contribution in [-0.2, 0) is 0 Å². The second-order valence-electron chi connectivity index (χ2n) is 4.98. The number of aryl methyl sites for hydroxylation is 1. The van der Waals surface area contributed by atoms with Crippen molar-refractivity contribution in [2.75, 3.05) is 5.75 Å². The van der Waals surface area contributed by atoms with Gasteiger partial charge in [-0.25, -0.2) is 0 Å². The summed E-state index contributed by atoms with van der Waals surface area (Å²) >= 11 is 2.01. The van der Waals surface area contributed by atoms with Crippen molar-refractivity contribution in [1.29, 1.82) is 0 Å². The average molecular weight is 258 g/mol. The van der Waals surface area contributed by atoms with Gasteiger partial charge < -0.3 is 5.73 Å². The molecule has 1 fully saturated rings. The molecule has 2 unspecified atom stereocenters. The summed E-state index contributed by atoms with van der Waals surface area (Å²) in [5, 5.41) is 1.78. The number of nitrogens with two attached hydrogens (primary N) is 1. The van der Waals surface area contributed by atoms with E-state index in [0.717, 1.165) is 11.2 Å². The third-order valence-corrected chi connectivity index (χ3v) is 5.08. The molecule has 94 valence electrons. The van der Waals surface area contributed by atoms with Gasteiger partial charge in [-0.15, -0.1) is 0 Å². The quantitative estimate of drug-likeness (QED) is 0.897. The minimum absolute atomic E-state index is 0.156. The minimum atomic E-state index is 0.156. The number of pyridine rings is 1. The van der Waals surface area contributed by atoms with Gasteiger partial charge in [0, 0.05) is 22.4 Å². The van der Waals surface area contributed by atoms with Crippen molar-refractivity contribution >= 4 is 22.7 Å². The Morgan fingerprint density at radius 3 is 3.00 bits per heavy atom. The van der Waals surface area contributed by atoms with Crippen molar-refractivity contribution in [3.8, 4) is 0 Å². The molecular weight excluding hydrogens is 240 g/mol.